The molecule has 1 heterocycles. The zero-order valence-electron chi connectivity index (χ0n) is 21.8. The van der Waals surface area contributed by atoms with Gasteiger partial charge in [0.15, 0.2) is 0 Å². The van der Waals surface area contributed by atoms with E-state index in [1.165, 1.54) is 6.07 Å². The molecule has 0 amide bonds. The largest absolute Gasteiger partial charge is 0.481 e. The summed E-state index contributed by atoms with van der Waals surface area (Å²) >= 11 is 6.30. The molecule has 0 aliphatic rings. The van der Waals surface area contributed by atoms with Gasteiger partial charge in [-0.05, 0) is 59.7 Å². The molecule has 3 aromatic carbocycles. The van der Waals surface area contributed by atoms with Gasteiger partial charge in [0, 0.05) is 34.9 Å². The van der Waals surface area contributed by atoms with E-state index in [1.54, 1.807) is 6.21 Å². The Morgan fingerprint density at radius 1 is 1.10 bits per heavy atom. The van der Waals surface area contributed by atoms with Gasteiger partial charge in [-0.2, -0.15) is 18.3 Å². The Morgan fingerprint density at radius 3 is 2.41 bits per heavy atom. The first-order valence-electron chi connectivity index (χ1n) is 12.6. The molecule has 0 unspecified atom stereocenters. The summed E-state index contributed by atoms with van der Waals surface area (Å²) in [6.45, 7) is 6.45. The second kappa shape index (κ2) is 11.6. The minimum Gasteiger partial charge on any atom is -0.481 e. The molecule has 204 valence electrons. The van der Waals surface area contributed by atoms with E-state index < -0.39 is 17.7 Å². The fourth-order valence-corrected chi connectivity index (χ4v) is 4.87. The Labute approximate surface area is 229 Å². The monoisotopic (exact) mass is 555 g/mol. The number of carboxylic acids is 1. The van der Waals surface area contributed by atoms with Crippen LogP contribution in [0.4, 0.5) is 13.2 Å². The van der Waals surface area contributed by atoms with Crippen molar-refractivity contribution in [3.63, 3.8) is 0 Å². The Balaban J connectivity index is 1.67. The molecule has 0 saturated carbocycles. The number of benzene rings is 3. The normalized spacial score (nSPS) is 13.0. The van der Waals surface area contributed by atoms with Crippen LogP contribution in [0.2, 0.25) is 5.02 Å². The van der Waals surface area contributed by atoms with Gasteiger partial charge in [0.2, 0.25) is 0 Å². The zero-order valence-corrected chi connectivity index (χ0v) is 22.6. The third-order valence-electron chi connectivity index (χ3n) is 6.59. The second-order valence-electron chi connectivity index (χ2n) is 9.96. The molecule has 9 heteroatoms. The number of nitrogens with zero attached hydrogens (tertiary/aromatic N) is 3. The highest BCUT2D eigenvalue weighted by atomic mass is 35.5. The van der Waals surface area contributed by atoms with Crippen LogP contribution < -0.4 is 0 Å². The number of alkyl halides is 3. The van der Waals surface area contributed by atoms with Gasteiger partial charge >= 0.3 is 12.1 Å². The fourth-order valence-electron chi connectivity index (χ4n) is 4.59. The number of hydrogen-bond acceptors (Lipinski definition) is 3. The molecular weight excluding hydrogens is 527 g/mol. The van der Waals surface area contributed by atoms with Crippen LogP contribution in [0.1, 0.15) is 55.0 Å². The molecule has 0 aliphatic carbocycles. The van der Waals surface area contributed by atoms with E-state index >= 15 is 0 Å². The molecule has 0 fully saturated rings. The lowest BCUT2D eigenvalue weighted by molar-refractivity contribution is -0.138. The molecule has 4 rings (SSSR count). The maximum absolute atomic E-state index is 13.1. The van der Waals surface area contributed by atoms with Crippen molar-refractivity contribution in [2.24, 2.45) is 10.9 Å². The lowest BCUT2D eigenvalue weighted by Crippen LogP contribution is -2.14. The Morgan fingerprint density at radius 2 is 1.79 bits per heavy atom. The molecule has 0 aliphatic heterocycles. The maximum atomic E-state index is 13.1. The molecule has 1 aromatic heterocycles. The number of rotatable bonds is 9. The molecule has 39 heavy (non-hydrogen) atoms. The minimum atomic E-state index is -4.46. The van der Waals surface area contributed by atoms with Crippen molar-refractivity contribution in [1.82, 2.24) is 9.78 Å². The van der Waals surface area contributed by atoms with Crippen LogP contribution in [0.15, 0.2) is 65.8 Å². The molecule has 5 nitrogen and oxygen atoms in total. The SMILES string of the molecule is Cc1c(-c2ccc(C(F)(F)F)cc2Cl)ccc2nn([C@@H](CC(C)C)c3ccc(C=NCCC(=O)O)cc3)cc12. The zero-order chi connectivity index (χ0) is 28.3. The molecule has 0 bridgehead atoms. The van der Waals surface area contributed by atoms with Crippen molar-refractivity contribution >= 4 is 34.7 Å². The van der Waals surface area contributed by atoms with Crippen molar-refractivity contribution in [3.05, 3.63) is 88.1 Å². The van der Waals surface area contributed by atoms with Crippen LogP contribution in [-0.4, -0.2) is 33.6 Å². The standard InChI is InChI=1S/C30H29ClF3N3O2/c1-18(2)14-28(21-6-4-20(5-7-21)16-35-13-12-29(38)39)37-17-25-19(3)23(10-11-27(25)36-37)24-9-8-22(15-26(24)31)30(32,33)34/h4-11,15-18,28H,12-14H2,1-3H3,(H,38,39)/t28-/m0/s1. The van der Waals surface area contributed by atoms with E-state index in [1.807, 2.05) is 54.2 Å². The predicted molar refractivity (Wildman–Crippen MR) is 149 cm³/mol. The fraction of sp³-hybridized carbons (Fsp3) is 0.300. The van der Waals surface area contributed by atoms with E-state index in [9.17, 15) is 18.0 Å². The quantitative estimate of drug-likeness (QED) is 0.212. The van der Waals surface area contributed by atoms with Crippen LogP contribution in [0, 0.1) is 12.8 Å². The predicted octanol–water partition coefficient (Wildman–Crippen LogP) is 8.21. The Kier molecular flexibility index (Phi) is 8.45. The number of fused-ring (bicyclic) bond motifs is 1. The Bertz CT molecular complexity index is 1510. The first-order valence-corrected chi connectivity index (χ1v) is 13.0. The third kappa shape index (κ3) is 6.68. The maximum Gasteiger partial charge on any atom is 0.416 e. The van der Waals surface area contributed by atoms with Gasteiger partial charge < -0.3 is 5.11 Å². The molecule has 0 spiro atoms. The number of aryl methyl sites for hydroxylation is 1. The van der Waals surface area contributed by atoms with Gasteiger partial charge in [-0.25, -0.2) is 0 Å². The summed E-state index contributed by atoms with van der Waals surface area (Å²) in [5.74, 6) is -0.488. The summed E-state index contributed by atoms with van der Waals surface area (Å²) in [4.78, 5) is 14.8. The van der Waals surface area contributed by atoms with E-state index in [2.05, 4.69) is 18.8 Å². The van der Waals surface area contributed by atoms with Gasteiger partial charge in [-0.15, -0.1) is 0 Å². The number of halogens is 4. The number of aromatic nitrogens is 2. The molecule has 1 atom stereocenters. The van der Waals surface area contributed by atoms with Gasteiger partial charge in [-0.1, -0.05) is 61.8 Å². The smallest absolute Gasteiger partial charge is 0.416 e. The number of carbonyl (C=O) groups is 1. The lowest BCUT2D eigenvalue weighted by atomic mass is 9.96. The van der Waals surface area contributed by atoms with E-state index in [0.717, 1.165) is 51.7 Å². The molecule has 1 N–H and O–H groups in total. The minimum absolute atomic E-state index is 0.00981. The summed E-state index contributed by atoms with van der Waals surface area (Å²) < 4.78 is 41.3. The summed E-state index contributed by atoms with van der Waals surface area (Å²) in [6, 6.07) is 15.1. The first kappa shape index (κ1) is 28.4. The number of hydrogen-bond donors (Lipinski definition) is 1. The van der Waals surface area contributed by atoms with Gasteiger partial charge in [0.1, 0.15) is 0 Å². The van der Waals surface area contributed by atoms with Crippen LogP contribution in [0.5, 0.6) is 0 Å². The van der Waals surface area contributed by atoms with Gasteiger partial charge in [-0.3, -0.25) is 14.5 Å². The average Bonchev–Trinajstić information content (AvgIpc) is 3.30. The van der Waals surface area contributed by atoms with E-state index in [-0.39, 0.29) is 24.0 Å². The Hall–Kier alpha value is -3.65. The molecule has 0 radical (unpaired) electrons. The number of aliphatic carboxylic acids is 1. The van der Waals surface area contributed by atoms with Gasteiger partial charge in [0.25, 0.3) is 0 Å². The summed E-state index contributed by atoms with van der Waals surface area (Å²) in [5.41, 5.74) is 4.14. The van der Waals surface area contributed by atoms with Crippen LogP contribution in [0.25, 0.3) is 22.0 Å². The summed E-state index contributed by atoms with van der Waals surface area (Å²) in [7, 11) is 0. The van der Waals surface area contributed by atoms with Crippen molar-refractivity contribution < 1.29 is 23.1 Å². The highest BCUT2D eigenvalue weighted by Crippen LogP contribution is 2.38. The number of carboxylic acid groups (broad SMARTS) is 1. The van der Waals surface area contributed by atoms with Crippen LogP contribution in [0.3, 0.4) is 0 Å². The second-order valence-corrected chi connectivity index (χ2v) is 10.4. The molecular formula is C30H29ClF3N3O2. The van der Waals surface area contributed by atoms with Crippen molar-refractivity contribution in [2.45, 2.75) is 45.8 Å². The van der Waals surface area contributed by atoms with Gasteiger partial charge in [0.05, 0.1) is 23.5 Å². The average molecular weight is 556 g/mol. The van der Waals surface area contributed by atoms with Crippen LogP contribution in [-0.2, 0) is 11.0 Å². The topological polar surface area (TPSA) is 67.5 Å². The van der Waals surface area contributed by atoms with Crippen molar-refractivity contribution in [1.29, 1.82) is 0 Å². The molecule has 4 aromatic rings. The third-order valence-corrected chi connectivity index (χ3v) is 6.91. The first-order chi connectivity index (χ1) is 18.4. The highest BCUT2D eigenvalue weighted by Gasteiger charge is 2.31. The summed E-state index contributed by atoms with van der Waals surface area (Å²) in [6.07, 6.45) is 0.0317. The summed E-state index contributed by atoms with van der Waals surface area (Å²) in [5, 5.41) is 14.6. The number of aliphatic imine (C=N–C) groups is 1. The van der Waals surface area contributed by atoms with Crippen molar-refractivity contribution in [3.8, 4) is 11.1 Å². The van der Waals surface area contributed by atoms with Crippen molar-refractivity contribution in [2.75, 3.05) is 6.54 Å². The van der Waals surface area contributed by atoms with E-state index in [0.29, 0.717) is 11.5 Å². The molecule has 0 saturated heterocycles. The highest BCUT2D eigenvalue weighted by molar-refractivity contribution is 6.33. The van der Waals surface area contributed by atoms with E-state index in [4.69, 9.17) is 21.8 Å². The lowest BCUT2D eigenvalue weighted by Gasteiger charge is -2.20. The van der Waals surface area contributed by atoms with Crippen LogP contribution >= 0.6 is 11.6 Å².